The van der Waals surface area contributed by atoms with Crippen LogP contribution in [0.15, 0.2) is 24.3 Å². The van der Waals surface area contributed by atoms with Gasteiger partial charge in [-0.2, -0.15) is 0 Å². The van der Waals surface area contributed by atoms with Gasteiger partial charge in [0.1, 0.15) is 17.5 Å². The third-order valence-corrected chi connectivity index (χ3v) is 6.29. The summed E-state index contributed by atoms with van der Waals surface area (Å²) in [5, 5.41) is 10.1. The summed E-state index contributed by atoms with van der Waals surface area (Å²) in [6, 6.07) is 7.04. The highest BCUT2D eigenvalue weighted by atomic mass is 16.6. The Kier molecular flexibility index (Phi) is 8.38. The van der Waals surface area contributed by atoms with Crippen LogP contribution in [0.5, 0.6) is 0 Å². The Labute approximate surface area is 197 Å². The fraction of sp³-hybridized carbons (Fsp3) is 0.654. The summed E-state index contributed by atoms with van der Waals surface area (Å²) in [5.41, 5.74) is 1.30. The molecule has 7 heteroatoms. The van der Waals surface area contributed by atoms with Gasteiger partial charge in [0.25, 0.3) is 0 Å². The number of carbonyl (C=O) groups excluding carboxylic acids is 1. The molecule has 0 saturated heterocycles. The second kappa shape index (κ2) is 11.0. The average Bonchev–Trinajstić information content (AvgIpc) is 3.10. The van der Waals surface area contributed by atoms with E-state index in [2.05, 4.69) is 11.5 Å². The molecule has 3 rings (SSSR count). The Hall–Kier alpha value is -2.57. The van der Waals surface area contributed by atoms with E-state index in [9.17, 15) is 14.7 Å². The maximum absolute atomic E-state index is 13.1. The van der Waals surface area contributed by atoms with E-state index >= 15 is 0 Å². The van der Waals surface area contributed by atoms with Crippen molar-refractivity contribution in [3.05, 3.63) is 30.1 Å². The molecular formula is C26H39N3O4. The van der Waals surface area contributed by atoms with Crippen molar-refractivity contribution in [2.75, 3.05) is 6.54 Å². The summed E-state index contributed by atoms with van der Waals surface area (Å²) >= 11 is 0. The molecule has 0 bridgehead atoms. The maximum Gasteiger partial charge on any atom is 0.411 e. The highest BCUT2D eigenvalue weighted by Crippen LogP contribution is 2.27. The normalized spacial score (nSPS) is 16.0. The van der Waals surface area contributed by atoms with E-state index in [1.807, 2.05) is 45.0 Å². The molecule has 1 aromatic carbocycles. The van der Waals surface area contributed by atoms with Crippen molar-refractivity contribution in [3.8, 4) is 0 Å². The van der Waals surface area contributed by atoms with E-state index in [-0.39, 0.29) is 0 Å². The van der Waals surface area contributed by atoms with E-state index in [1.54, 1.807) is 0 Å². The van der Waals surface area contributed by atoms with Crippen molar-refractivity contribution in [2.45, 2.75) is 97.2 Å². The quantitative estimate of drug-likeness (QED) is 0.526. The Morgan fingerprint density at radius 2 is 1.91 bits per heavy atom. The molecule has 2 aromatic rings. The molecule has 0 unspecified atom stereocenters. The molecule has 1 N–H and O–H groups in total. The number of para-hydroxylation sites is 2. The van der Waals surface area contributed by atoms with Crippen molar-refractivity contribution >= 4 is 23.1 Å². The van der Waals surface area contributed by atoms with Gasteiger partial charge in [-0.15, -0.1) is 0 Å². The number of hydrogen-bond acceptors (Lipinski definition) is 4. The van der Waals surface area contributed by atoms with Gasteiger partial charge in [0.2, 0.25) is 0 Å². The van der Waals surface area contributed by atoms with E-state index in [4.69, 9.17) is 9.72 Å². The zero-order valence-electron chi connectivity index (χ0n) is 20.5. The molecule has 1 aromatic heterocycles. The Morgan fingerprint density at radius 1 is 1.21 bits per heavy atom. The van der Waals surface area contributed by atoms with Crippen LogP contribution in [-0.2, 0) is 22.5 Å². The van der Waals surface area contributed by atoms with Crippen LogP contribution in [0, 0.1) is 5.92 Å². The minimum Gasteiger partial charge on any atom is -0.480 e. The summed E-state index contributed by atoms with van der Waals surface area (Å²) in [7, 11) is 0. The van der Waals surface area contributed by atoms with Crippen LogP contribution in [-0.4, -0.2) is 49.8 Å². The van der Waals surface area contributed by atoms with Gasteiger partial charge in [-0.05, 0) is 64.5 Å². The zero-order valence-corrected chi connectivity index (χ0v) is 20.5. The topological polar surface area (TPSA) is 84.7 Å². The third-order valence-electron chi connectivity index (χ3n) is 6.29. The fourth-order valence-electron chi connectivity index (χ4n) is 4.77. The van der Waals surface area contributed by atoms with Gasteiger partial charge in [-0.3, -0.25) is 4.90 Å². The van der Waals surface area contributed by atoms with Crippen molar-refractivity contribution in [2.24, 2.45) is 5.92 Å². The van der Waals surface area contributed by atoms with Crippen LogP contribution in [0.2, 0.25) is 0 Å². The molecule has 1 heterocycles. The molecule has 1 aliphatic rings. The number of aliphatic carboxylic acids is 1. The first-order valence-corrected chi connectivity index (χ1v) is 12.4. The molecule has 182 valence electrons. The van der Waals surface area contributed by atoms with E-state index in [0.717, 1.165) is 55.5 Å². The summed E-state index contributed by atoms with van der Waals surface area (Å²) in [6.07, 6.45) is 6.72. The second-order valence-electron chi connectivity index (χ2n) is 10.2. The van der Waals surface area contributed by atoms with Crippen LogP contribution < -0.4 is 0 Å². The van der Waals surface area contributed by atoms with E-state index in [1.165, 1.54) is 11.3 Å². The van der Waals surface area contributed by atoms with Gasteiger partial charge >= 0.3 is 12.1 Å². The lowest BCUT2D eigenvalue weighted by molar-refractivity contribution is -0.143. The first-order chi connectivity index (χ1) is 15.7. The molecule has 1 saturated carbocycles. The van der Waals surface area contributed by atoms with Gasteiger partial charge in [0.15, 0.2) is 0 Å². The Bertz CT molecular complexity index is 941. The molecule has 1 aliphatic carbocycles. The van der Waals surface area contributed by atoms with Crippen molar-refractivity contribution < 1.29 is 19.4 Å². The zero-order chi connectivity index (χ0) is 24.0. The number of carbonyl (C=O) groups is 2. The number of hydrogen-bond donors (Lipinski definition) is 1. The smallest absolute Gasteiger partial charge is 0.411 e. The molecule has 1 amide bonds. The number of ether oxygens (including phenoxy) is 1. The Morgan fingerprint density at radius 3 is 2.55 bits per heavy atom. The molecule has 0 spiro atoms. The Balaban J connectivity index is 1.84. The number of carboxylic acid groups (broad SMARTS) is 1. The van der Waals surface area contributed by atoms with Gasteiger partial charge < -0.3 is 14.4 Å². The number of nitrogens with zero attached hydrogens (tertiary/aromatic N) is 3. The summed E-state index contributed by atoms with van der Waals surface area (Å²) in [6.45, 7) is 8.81. The lowest BCUT2D eigenvalue weighted by Gasteiger charge is -2.35. The first-order valence-electron chi connectivity index (χ1n) is 12.4. The number of benzene rings is 1. The van der Waals surface area contributed by atoms with Crippen molar-refractivity contribution in [1.82, 2.24) is 14.5 Å². The monoisotopic (exact) mass is 457 g/mol. The molecule has 7 nitrogen and oxygen atoms in total. The predicted molar refractivity (Wildman–Crippen MR) is 129 cm³/mol. The number of rotatable bonds is 9. The lowest BCUT2D eigenvalue weighted by atomic mass is 9.88. The molecule has 1 atom stereocenters. The number of aryl methyl sites for hydroxylation is 2. The van der Waals surface area contributed by atoms with Crippen LogP contribution in [0.3, 0.4) is 0 Å². The van der Waals surface area contributed by atoms with Gasteiger partial charge in [-0.25, -0.2) is 14.6 Å². The maximum atomic E-state index is 13.1. The lowest BCUT2D eigenvalue weighted by Crippen LogP contribution is -2.49. The number of imidazole rings is 1. The van der Waals surface area contributed by atoms with E-state index in [0.29, 0.717) is 25.3 Å². The van der Waals surface area contributed by atoms with Gasteiger partial charge in [0.05, 0.1) is 11.0 Å². The molecule has 0 radical (unpaired) electrons. The molecular weight excluding hydrogens is 418 g/mol. The highest BCUT2D eigenvalue weighted by molar-refractivity contribution is 5.80. The van der Waals surface area contributed by atoms with Crippen molar-refractivity contribution in [1.29, 1.82) is 0 Å². The molecule has 1 fully saturated rings. The SMILES string of the molecule is CCCn1c(CC[C@@H](C(=O)O)N(CC2CCCCC2)C(=O)OC(C)(C)C)nc2ccccc21. The summed E-state index contributed by atoms with van der Waals surface area (Å²) in [4.78, 5) is 31.7. The minimum atomic E-state index is -0.991. The standard InChI is InChI=1S/C26H39N3O4/c1-5-17-28-21-14-10-9-13-20(21)27-23(28)16-15-22(24(30)31)29(25(32)33-26(2,3)4)18-19-11-7-6-8-12-19/h9-10,13-14,19,22H,5-8,11-12,15-18H2,1-4H3,(H,30,31)/t22-/m0/s1. The summed E-state index contributed by atoms with van der Waals surface area (Å²) in [5.74, 6) is 0.193. The molecule has 0 aliphatic heterocycles. The second-order valence-corrected chi connectivity index (χ2v) is 10.2. The highest BCUT2D eigenvalue weighted by Gasteiger charge is 2.35. The first kappa shape index (κ1) is 25.1. The van der Waals surface area contributed by atoms with Crippen LogP contribution in [0.4, 0.5) is 4.79 Å². The summed E-state index contributed by atoms with van der Waals surface area (Å²) < 4.78 is 7.81. The number of aromatic nitrogens is 2. The fourth-order valence-corrected chi connectivity index (χ4v) is 4.77. The van der Waals surface area contributed by atoms with Crippen LogP contribution in [0.1, 0.15) is 78.5 Å². The van der Waals surface area contributed by atoms with E-state index < -0.39 is 23.7 Å². The predicted octanol–water partition coefficient (Wildman–Crippen LogP) is 5.65. The number of carboxylic acids is 1. The molecule has 33 heavy (non-hydrogen) atoms. The van der Waals surface area contributed by atoms with Gasteiger partial charge in [0, 0.05) is 19.5 Å². The van der Waals surface area contributed by atoms with Crippen LogP contribution in [0.25, 0.3) is 11.0 Å². The number of amides is 1. The van der Waals surface area contributed by atoms with Crippen LogP contribution >= 0.6 is 0 Å². The largest absolute Gasteiger partial charge is 0.480 e. The number of fused-ring (bicyclic) bond motifs is 1. The minimum absolute atomic E-state index is 0.300. The third kappa shape index (κ3) is 6.71. The van der Waals surface area contributed by atoms with Crippen molar-refractivity contribution in [3.63, 3.8) is 0 Å². The van der Waals surface area contributed by atoms with Gasteiger partial charge in [-0.1, -0.05) is 38.3 Å². The average molecular weight is 458 g/mol.